The van der Waals surface area contributed by atoms with Gasteiger partial charge in [0, 0.05) is 11.5 Å². The lowest BCUT2D eigenvalue weighted by atomic mass is 10.0. The van der Waals surface area contributed by atoms with E-state index in [4.69, 9.17) is 9.47 Å². The van der Waals surface area contributed by atoms with Gasteiger partial charge in [-0.1, -0.05) is 178 Å². The Labute approximate surface area is 315 Å². The van der Waals surface area contributed by atoms with Crippen molar-refractivity contribution in [2.24, 2.45) is 0 Å². The summed E-state index contributed by atoms with van der Waals surface area (Å²) in [5, 5.41) is -1.31. The van der Waals surface area contributed by atoms with Crippen LogP contribution < -0.4 is 0 Å². The quantitative estimate of drug-likeness (QED) is 0.0569. The first-order valence-corrected chi connectivity index (χ1v) is 22.2. The molecule has 0 spiro atoms. The number of esters is 2. The standard InChI is InChI=1S/C44H70O4S2/c1-5-7-9-11-13-15-17-19-21-23-25-37-27-31-39(32-28-37)35-49-41(43(45)47-3)42(44(46)48-4)50-36-40-33-29-38(30-34-40)26-24-22-20-18-16-14-12-10-8-6-2/h27-34,41-42H,5-26,35-36H2,1-4H3. The Balaban J connectivity index is 1.76. The SMILES string of the molecule is CCCCCCCCCCCCc1ccc(CSC(C(=O)OC)C(SCc2ccc(CCCCCCCCCCCC)cc2)C(=O)OC)cc1. The minimum atomic E-state index is -0.653. The van der Waals surface area contributed by atoms with Gasteiger partial charge in [0.05, 0.1) is 14.2 Å². The topological polar surface area (TPSA) is 52.6 Å². The van der Waals surface area contributed by atoms with E-state index in [-0.39, 0.29) is 11.9 Å². The molecule has 0 fully saturated rings. The van der Waals surface area contributed by atoms with Gasteiger partial charge in [-0.25, -0.2) is 0 Å². The van der Waals surface area contributed by atoms with Gasteiger partial charge < -0.3 is 9.47 Å². The molecule has 2 atom stereocenters. The van der Waals surface area contributed by atoms with E-state index in [0.29, 0.717) is 11.5 Å². The van der Waals surface area contributed by atoms with Crippen LogP contribution in [0.25, 0.3) is 0 Å². The summed E-state index contributed by atoms with van der Waals surface area (Å²) in [5.74, 6) is 0.477. The summed E-state index contributed by atoms with van der Waals surface area (Å²) >= 11 is 2.92. The van der Waals surface area contributed by atoms with Crippen LogP contribution in [0.15, 0.2) is 48.5 Å². The lowest BCUT2D eigenvalue weighted by Gasteiger charge is -2.22. The summed E-state index contributed by atoms with van der Waals surface area (Å²) in [6.45, 7) is 4.55. The number of benzene rings is 2. The molecule has 0 heterocycles. The third-order valence-corrected chi connectivity index (χ3v) is 12.5. The van der Waals surface area contributed by atoms with Crippen molar-refractivity contribution in [3.8, 4) is 0 Å². The fourth-order valence-corrected chi connectivity index (χ4v) is 9.04. The van der Waals surface area contributed by atoms with Gasteiger partial charge in [0.25, 0.3) is 0 Å². The zero-order valence-corrected chi connectivity index (χ0v) is 33.8. The van der Waals surface area contributed by atoms with Crippen LogP contribution in [0.5, 0.6) is 0 Å². The maximum absolute atomic E-state index is 12.9. The number of ether oxygens (including phenoxy) is 2. The van der Waals surface area contributed by atoms with Gasteiger partial charge in [-0.15, -0.1) is 23.5 Å². The smallest absolute Gasteiger partial charge is 0.320 e. The first-order valence-electron chi connectivity index (χ1n) is 20.1. The molecule has 0 amide bonds. The molecule has 0 aliphatic rings. The molecular weight excluding hydrogens is 657 g/mol. The van der Waals surface area contributed by atoms with Crippen molar-refractivity contribution in [1.82, 2.24) is 0 Å². The third-order valence-electron chi connectivity index (χ3n) is 9.69. The lowest BCUT2D eigenvalue weighted by molar-refractivity contribution is -0.146. The molecule has 0 bridgehead atoms. The number of thioether (sulfide) groups is 2. The van der Waals surface area contributed by atoms with Crippen LogP contribution in [-0.4, -0.2) is 36.7 Å². The van der Waals surface area contributed by atoms with Crippen LogP contribution in [0.2, 0.25) is 0 Å². The number of carbonyl (C=O) groups excluding carboxylic acids is 2. The summed E-state index contributed by atoms with van der Waals surface area (Å²) in [5.41, 5.74) is 5.00. The van der Waals surface area contributed by atoms with Gasteiger partial charge in [0.2, 0.25) is 0 Å². The maximum atomic E-state index is 12.9. The first kappa shape index (κ1) is 44.2. The summed E-state index contributed by atoms with van der Waals surface area (Å²) in [7, 11) is 2.79. The maximum Gasteiger partial charge on any atom is 0.320 e. The van der Waals surface area contributed by atoms with Crippen LogP contribution in [0.4, 0.5) is 0 Å². The molecule has 0 saturated heterocycles. The summed E-state index contributed by atoms with van der Waals surface area (Å²) < 4.78 is 10.3. The monoisotopic (exact) mass is 726 g/mol. The number of hydrogen-bond acceptors (Lipinski definition) is 6. The highest BCUT2D eigenvalue weighted by atomic mass is 32.2. The molecule has 0 aromatic heterocycles. The molecule has 2 unspecified atom stereocenters. The number of aryl methyl sites for hydroxylation is 2. The van der Waals surface area contributed by atoms with Crippen molar-refractivity contribution in [2.75, 3.05) is 14.2 Å². The molecule has 6 heteroatoms. The first-order chi connectivity index (χ1) is 24.5. The minimum absolute atomic E-state index is 0.387. The Morgan fingerprint density at radius 1 is 0.440 bits per heavy atom. The Hall–Kier alpha value is -1.92. The largest absolute Gasteiger partial charge is 0.468 e. The highest BCUT2D eigenvalue weighted by molar-refractivity contribution is 8.04. The molecule has 0 saturated carbocycles. The van der Waals surface area contributed by atoms with E-state index >= 15 is 0 Å². The van der Waals surface area contributed by atoms with Crippen molar-refractivity contribution < 1.29 is 19.1 Å². The molecule has 2 aromatic carbocycles. The summed E-state index contributed by atoms with van der Waals surface area (Å²) in [6, 6.07) is 17.5. The van der Waals surface area contributed by atoms with Gasteiger partial charge in [0.15, 0.2) is 0 Å². The second-order valence-electron chi connectivity index (χ2n) is 14.0. The fourth-order valence-electron chi connectivity index (χ4n) is 6.40. The number of unbranched alkanes of at least 4 members (excludes halogenated alkanes) is 18. The predicted molar refractivity (Wildman–Crippen MR) is 218 cm³/mol. The number of hydrogen-bond donors (Lipinski definition) is 0. The Morgan fingerprint density at radius 2 is 0.700 bits per heavy atom. The van der Waals surface area contributed by atoms with Gasteiger partial charge in [-0.3, -0.25) is 9.59 Å². The summed E-state index contributed by atoms with van der Waals surface area (Å²) in [4.78, 5) is 25.9. The molecule has 50 heavy (non-hydrogen) atoms. The zero-order valence-electron chi connectivity index (χ0n) is 32.2. The Morgan fingerprint density at radius 3 is 0.980 bits per heavy atom. The van der Waals surface area contributed by atoms with Crippen LogP contribution in [0, 0.1) is 0 Å². The number of carbonyl (C=O) groups is 2. The highest BCUT2D eigenvalue weighted by Crippen LogP contribution is 2.32. The molecule has 0 aliphatic heterocycles. The molecule has 2 aromatic rings. The van der Waals surface area contributed by atoms with Crippen LogP contribution >= 0.6 is 23.5 Å². The minimum Gasteiger partial charge on any atom is -0.468 e. The molecule has 0 N–H and O–H groups in total. The van der Waals surface area contributed by atoms with E-state index in [1.807, 2.05) is 0 Å². The molecule has 2 rings (SSSR count). The third kappa shape index (κ3) is 20.2. The number of methoxy groups -OCH3 is 2. The van der Waals surface area contributed by atoms with Crippen LogP contribution in [-0.2, 0) is 43.4 Å². The van der Waals surface area contributed by atoms with Gasteiger partial charge in [-0.05, 0) is 47.9 Å². The molecule has 0 aliphatic carbocycles. The van der Waals surface area contributed by atoms with E-state index in [9.17, 15) is 9.59 Å². The van der Waals surface area contributed by atoms with Crippen LogP contribution in [0.3, 0.4) is 0 Å². The second kappa shape index (κ2) is 29.6. The van der Waals surface area contributed by atoms with Crippen molar-refractivity contribution in [3.63, 3.8) is 0 Å². The van der Waals surface area contributed by atoms with Gasteiger partial charge in [0.1, 0.15) is 10.5 Å². The number of rotatable bonds is 31. The lowest BCUT2D eigenvalue weighted by Crippen LogP contribution is -2.37. The van der Waals surface area contributed by atoms with Gasteiger partial charge >= 0.3 is 11.9 Å². The molecule has 282 valence electrons. The van der Waals surface area contributed by atoms with E-state index in [0.717, 1.165) is 24.0 Å². The molecule has 0 radical (unpaired) electrons. The molecular formula is C44H70O4S2. The van der Waals surface area contributed by atoms with Crippen molar-refractivity contribution >= 4 is 35.5 Å². The van der Waals surface area contributed by atoms with E-state index in [1.165, 1.54) is 177 Å². The van der Waals surface area contributed by atoms with Crippen molar-refractivity contribution in [3.05, 3.63) is 70.8 Å². The van der Waals surface area contributed by atoms with Crippen molar-refractivity contribution in [1.29, 1.82) is 0 Å². The van der Waals surface area contributed by atoms with Gasteiger partial charge in [-0.2, -0.15) is 0 Å². The fraction of sp³-hybridized carbons (Fsp3) is 0.682. The predicted octanol–water partition coefficient (Wildman–Crippen LogP) is 12.9. The van der Waals surface area contributed by atoms with Crippen molar-refractivity contribution in [2.45, 2.75) is 177 Å². The molecule has 4 nitrogen and oxygen atoms in total. The second-order valence-corrected chi connectivity index (χ2v) is 16.3. The summed E-state index contributed by atoms with van der Waals surface area (Å²) in [6.07, 6.45) is 29.2. The zero-order chi connectivity index (χ0) is 36.1. The van der Waals surface area contributed by atoms with E-state index in [1.54, 1.807) is 0 Å². The average molecular weight is 727 g/mol. The van der Waals surface area contributed by atoms with Crippen LogP contribution in [0.1, 0.15) is 165 Å². The normalized spacial score (nSPS) is 12.5. The Kier molecular flexibility index (Phi) is 26.2. The highest BCUT2D eigenvalue weighted by Gasteiger charge is 2.36. The average Bonchev–Trinajstić information content (AvgIpc) is 3.14. The Bertz CT molecular complexity index is 1030. The van der Waals surface area contributed by atoms with E-state index in [2.05, 4.69) is 62.4 Å². The van der Waals surface area contributed by atoms with E-state index < -0.39 is 10.5 Å².